The van der Waals surface area contributed by atoms with Crippen LogP contribution in [0.3, 0.4) is 0 Å². The van der Waals surface area contributed by atoms with Crippen molar-refractivity contribution in [1.29, 1.82) is 0 Å². The van der Waals surface area contributed by atoms with E-state index in [0.29, 0.717) is 20.8 Å². The SMILES string of the molecule is CCC(C)(C)C(C)(C)C(F)(F)C(F)(F)C(C)(CC)C(C)(C)C(F)(OC(F)(F)C(F)(F)C(F)(F)C(F)(F)S(=O)(=O)O)C(F)F. The van der Waals surface area contributed by atoms with Gasteiger partial charge in [0.1, 0.15) is 0 Å². The topological polar surface area (TPSA) is 63.6 Å². The second-order valence-corrected chi connectivity index (χ2v) is 13.5. The first-order chi connectivity index (χ1) is 18.3. The molecule has 0 radical (unpaired) electrons. The number of rotatable bonds is 15. The van der Waals surface area contributed by atoms with Gasteiger partial charge in [0.15, 0.2) is 0 Å². The van der Waals surface area contributed by atoms with Gasteiger partial charge in [-0.3, -0.25) is 9.29 Å². The Hall–Kier alpha value is -1.18. The zero-order valence-electron chi connectivity index (χ0n) is 24.2. The lowest BCUT2D eigenvalue weighted by atomic mass is 9.52. The maximum Gasteiger partial charge on any atom is 0.438 e. The molecule has 1 N–H and O–H groups in total. The zero-order chi connectivity index (χ0) is 35.7. The number of halogens is 15. The lowest BCUT2D eigenvalue weighted by Gasteiger charge is -2.58. The van der Waals surface area contributed by atoms with Gasteiger partial charge in [0.25, 0.3) is 12.3 Å². The molecule has 0 fully saturated rings. The highest BCUT2D eigenvalue weighted by Gasteiger charge is 2.88. The van der Waals surface area contributed by atoms with Gasteiger partial charge in [-0.15, -0.1) is 0 Å². The molecular weight excluding hydrogens is 657 g/mol. The highest BCUT2D eigenvalue weighted by atomic mass is 32.2. The molecule has 2 unspecified atom stereocenters. The van der Waals surface area contributed by atoms with Crippen LogP contribution in [0.15, 0.2) is 0 Å². The van der Waals surface area contributed by atoms with E-state index in [-0.39, 0.29) is 27.2 Å². The lowest BCUT2D eigenvalue weighted by molar-refractivity contribution is -0.482. The number of hydrogen-bond acceptors (Lipinski definition) is 3. The van der Waals surface area contributed by atoms with Crippen LogP contribution in [-0.4, -0.2) is 60.3 Å². The van der Waals surface area contributed by atoms with Gasteiger partial charge in [-0.25, -0.2) is 13.2 Å². The molecule has 0 aliphatic heterocycles. The molecule has 0 aromatic rings. The first kappa shape index (κ1) is 41.8. The molecule has 43 heavy (non-hydrogen) atoms. The molecule has 260 valence electrons. The molecule has 0 rings (SSSR count). The minimum absolute atomic E-state index is 0.0205. The predicted molar refractivity (Wildman–Crippen MR) is 122 cm³/mol. The van der Waals surface area contributed by atoms with Crippen molar-refractivity contribution in [3.8, 4) is 0 Å². The second kappa shape index (κ2) is 11.0. The fraction of sp³-hybridized carbons (Fsp3) is 1.00. The third kappa shape index (κ3) is 5.39. The van der Waals surface area contributed by atoms with Crippen LogP contribution < -0.4 is 0 Å². The minimum atomic E-state index is -7.98. The van der Waals surface area contributed by atoms with Crippen LogP contribution in [0.4, 0.5) is 65.9 Å². The van der Waals surface area contributed by atoms with Gasteiger partial charge < -0.3 is 0 Å². The molecule has 0 aromatic heterocycles. The van der Waals surface area contributed by atoms with E-state index >= 15 is 22.0 Å². The first-order valence-corrected chi connectivity index (χ1v) is 13.6. The molecule has 20 heteroatoms. The van der Waals surface area contributed by atoms with Crippen LogP contribution in [0.5, 0.6) is 0 Å². The Morgan fingerprint density at radius 1 is 0.605 bits per heavy atom. The monoisotopic (exact) mass is 690 g/mol. The summed E-state index contributed by atoms with van der Waals surface area (Å²) in [6.07, 6.45) is -14.7. The fourth-order valence-corrected chi connectivity index (χ4v) is 4.71. The van der Waals surface area contributed by atoms with Gasteiger partial charge >= 0.3 is 45.2 Å². The molecule has 0 amide bonds. The van der Waals surface area contributed by atoms with E-state index in [1.807, 2.05) is 0 Å². The summed E-state index contributed by atoms with van der Waals surface area (Å²) in [4.78, 5) is 0. The van der Waals surface area contributed by atoms with Crippen molar-refractivity contribution in [3.05, 3.63) is 0 Å². The smallest absolute Gasteiger partial charge is 0.281 e. The van der Waals surface area contributed by atoms with E-state index in [1.165, 1.54) is 6.92 Å². The Morgan fingerprint density at radius 3 is 1.26 bits per heavy atom. The summed E-state index contributed by atoms with van der Waals surface area (Å²) >= 11 is 0. The summed E-state index contributed by atoms with van der Waals surface area (Å²) in [6.45, 7) is 4.92. The third-order valence-corrected chi connectivity index (χ3v) is 10.3. The summed E-state index contributed by atoms with van der Waals surface area (Å²) < 4.78 is 251. The zero-order valence-corrected chi connectivity index (χ0v) is 25.1. The molecule has 0 aromatic carbocycles. The normalized spacial score (nSPS) is 18.9. The molecule has 4 nitrogen and oxygen atoms in total. The van der Waals surface area contributed by atoms with Crippen molar-refractivity contribution in [1.82, 2.24) is 0 Å². The van der Waals surface area contributed by atoms with Gasteiger partial charge in [0.05, 0.1) is 0 Å². The summed E-state index contributed by atoms with van der Waals surface area (Å²) in [6, 6.07) is 0. The molecule has 0 heterocycles. The van der Waals surface area contributed by atoms with Crippen molar-refractivity contribution in [3.63, 3.8) is 0 Å². The van der Waals surface area contributed by atoms with E-state index in [2.05, 4.69) is 4.74 Å². The molecule has 2 atom stereocenters. The largest absolute Gasteiger partial charge is 0.438 e. The molecule has 0 aliphatic rings. The molecule has 0 aliphatic carbocycles. The molecule has 0 saturated carbocycles. The Balaban J connectivity index is 7.54. The second-order valence-electron chi connectivity index (χ2n) is 12.0. The van der Waals surface area contributed by atoms with Gasteiger partial charge in [-0.2, -0.15) is 61.1 Å². The standard InChI is InChI=1S/C23H33F15O4S/c1-10-13(3,4)14(5,6)18(27,28)19(29,30)16(9,11-2)15(7,8)17(26,12(24)25)42-22(35,36)20(31,32)21(33,34)23(37,38)43(39,40)41/h12H,10-11H2,1-9H3,(H,39,40,41). The Kier molecular flexibility index (Phi) is 10.7. The van der Waals surface area contributed by atoms with Crippen molar-refractivity contribution in [2.45, 2.75) is 122 Å². The van der Waals surface area contributed by atoms with E-state index < -0.39 is 85.5 Å². The number of hydrogen-bond donors (Lipinski definition) is 1. The average molecular weight is 691 g/mol. The predicted octanol–water partition coefficient (Wildman–Crippen LogP) is 9.45. The molecule has 0 spiro atoms. The minimum Gasteiger partial charge on any atom is -0.281 e. The summed E-state index contributed by atoms with van der Waals surface area (Å²) in [5.74, 6) is -33.0. The van der Waals surface area contributed by atoms with Crippen LogP contribution in [0, 0.1) is 21.7 Å². The Morgan fingerprint density at radius 2 is 0.977 bits per heavy atom. The van der Waals surface area contributed by atoms with E-state index in [1.54, 1.807) is 0 Å². The fourth-order valence-electron chi connectivity index (χ4n) is 4.26. The highest BCUT2D eigenvalue weighted by molar-refractivity contribution is 7.87. The van der Waals surface area contributed by atoms with Crippen LogP contribution in [0.1, 0.15) is 75.2 Å². The first-order valence-electron chi connectivity index (χ1n) is 12.2. The van der Waals surface area contributed by atoms with Crippen LogP contribution in [0.25, 0.3) is 0 Å². The van der Waals surface area contributed by atoms with E-state index in [4.69, 9.17) is 4.55 Å². The van der Waals surface area contributed by atoms with Crippen LogP contribution >= 0.6 is 0 Å². The van der Waals surface area contributed by atoms with Crippen LogP contribution in [-0.2, 0) is 14.9 Å². The molecular formula is C23H33F15O4S. The van der Waals surface area contributed by atoms with Crippen molar-refractivity contribution >= 4 is 10.1 Å². The number of alkyl halides is 15. The average Bonchev–Trinajstić information content (AvgIpc) is 2.80. The van der Waals surface area contributed by atoms with Crippen molar-refractivity contribution in [2.24, 2.45) is 21.7 Å². The molecule has 0 bridgehead atoms. The molecule has 0 saturated heterocycles. The summed E-state index contributed by atoms with van der Waals surface area (Å²) in [5, 5.41) is -7.49. The Labute approximate surface area is 238 Å². The van der Waals surface area contributed by atoms with Crippen molar-refractivity contribution in [2.75, 3.05) is 0 Å². The van der Waals surface area contributed by atoms with Gasteiger partial charge in [0, 0.05) is 16.2 Å². The van der Waals surface area contributed by atoms with E-state index in [0.717, 1.165) is 13.8 Å². The third-order valence-electron chi connectivity index (χ3n) is 9.39. The van der Waals surface area contributed by atoms with Crippen LogP contribution in [0.2, 0.25) is 0 Å². The maximum atomic E-state index is 16.0. The van der Waals surface area contributed by atoms with Gasteiger partial charge in [-0.05, 0) is 11.8 Å². The Bertz CT molecular complexity index is 1120. The summed E-state index contributed by atoms with van der Waals surface area (Å²) in [7, 11) is -7.66. The van der Waals surface area contributed by atoms with E-state index in [9.17, 15) is 52.3 Å². The van der Waals surface area contributed by atoms with Crippen molar-refractivity contribution < 1.29 is 83.6 Å². The quantitative estimate of drug-likeness (QED) is 0.137. The van der Waals surface area contributed by atoms with Gasteiger partial charge in [0.2, 0.25) is 0 Å². The number of ether oxygens (including phenoxy) is 1. The maximum absolute atomic E-state index is 16.0. The highest BCUT2D eigenvalue weighted by Crippen LogP contribution is 2.69. The van der Waals surface area contributed by atoms with Gasteiger partial charge in [-0.1, -0.05) is 68.7 Å². The lowest BCUT2D eigenvalue weighted by Crippen LogP contribution is -2.72. The summed E-state index contributed by atoms with van der Waals surface area (Å²) in [5.41, 5.74) is -12.7.